The van der Waals surface area contributed by atoms with Gasteiger partial charge < -0.3 is 0 Å². The molecule has 3 rings (SSSR count). The quantitative estimate of drug-likeness (QED) is 0.594. The van der Waals surface area contributed by atoms with Crippen LogP contribution in [0.1, 0.15) is 0 Å². The Balaban J connectivity index is 2.56. The molecule has 14 heavy (non-hydrogen) atoms. The van der Waals surface area contributed by atoms with Crippen molar-refractivity contribution in [2.24, 2.45) is 9.98 Å². The number of aliphatic imine (C=N–C) groups is 2. The first-order valence-electron chi connectivity index (χ1n) is 4.53. The van der Waals surface area contributed by atoms with E-state index in [9.17, 15) is 0 Å². The fourth-order valence-corrected chi connectivity index (χ4v) is 1.74. The summed E-state index contributed by atoms with van der Waals surface area (Å²) < 4.78 is 0. The maximum atomic E-state index is 4.33. The van der Waals surface area contributed by atoms with E-state index in [4.69, 9.17) is 0 Å². The van der Waals surface area contributed by atoms with Gasteiger partial charge in [0.1, 0.15) is 0 Å². The van der Waals surface area contributed by atoms with Crippen molar-refractivity contribution < 1.29 is 0 Å². The van der Waals surface area contributed by atoms with Crippen LogP contribution in [-0.2, 0) is 0 Å². The van der Waals surface area contributed by atoms with Crippen molar-refractivity contribution in [3.63, 3.8) is 0 Å². The Bertz CT molecular complexity index is 507. The first kappa shape index (κ1) is 7.44. The lowest BCUT2D eigenvalue weighted by Crippen LogP contribution is -1.73. The molecule has 2 heteroatoms. The first-order valence-corrected chi connectivity index (χ1v) is 4.53. The SMILES string of the molecule is C1=Nc2cccc3cccc(c23)N=C1. The fraction of sp³-hybridized carbons (Fsp3) is 0. The number of nitrogens with zero attached hydrogens (tertiary/aromatic N) is 2. The van der Waals surface area contributed by atoms with Gasteiger partial charge >= 0.3 is 0 Å². The Kier molecular flexibility index (Phi) is 1.47. The van der Waals surface area contributed by atoms with Crippen LogP contribution in [0.2, 0.25) is 0 Å². The molecule has 0 unspecified atom stereocenters. The van der Waals surface area contributed by atoms with E-state index in [0.717, 1.165) is 16.8 Å². The van der Waals surface area contributed by atoms with Gasteiger partial charge in [0.2, 0.25) is 0 Å². The van der Waals surface area contributed by atoms with Crippen LogP contribution >= 0.6 is 0 Å². The molecule has 2 aromatic carbocycles. The summed E-state index contributed by atoms with van der Waals surface area (Å²) in [5.41, 5.74) is 1.99. The van der Waals surface area contributed by atoms with Gasteiger partial charge in [-0.3, -0.25) is 9.98 Å². The molecular weight excluding hydrogens is 172 g/mol. The highest BCUT2D eigenvalue weighted by molar-refractivity contribution is 6.20. The molecule has 0 fully saturated rings. The van der Waals surface area contributed by atoms with Gasteiger partial charge in [0.15, 0.2) is 0 Å². The van der Waals surface area contributed by atoms with E-state index in [0.29, 0.717) is 0 Å². The molecule has 2 aromatic rings. The lowest BCUT2D eigenvalue weighted by Gasteiger charge is -2.02. The molecule has 0 bridgehead atoms. The van der Waals surface area contributed by atoms with E-state index >= 15 is 0 Å². The van der Waals surface area contributed by atoms with Crippen LogP contribution in [-0.4, -0.2) is 12.4 Å². The van der Waals surface area contributed by atoms with Crippen molar-refractivity contribution >= 4 is 34.6 Å². The second kappa shape index (κ2) is 2.77. The summed E-state index contributed by atoms with van der Waals surface area (Å²) in [6, 6.07) is 12.2. The molecular formula is C12H8N2. The van der Waals surface area contributed by atoms with Gasteiger partial charge in [0.05, 0.1) is 11.4 Å². The lowest BCUT2D eigenvalue weighted by molar-refractivity contribution is 1.57. The molecule has 0 atom stereocenters. The zero-order valence-corrected chi connectivity index (χ0v) is 7.51. The summed E-state index contributed by atoms with van der Waals surface area (Å²) in [4.78, 5) is 8.66. The van der Waals surface area contributed by atoms with Gasteiger partial charge in [0.25, 0.3) is 0 Å². The monoisotopic (exact) mass is 180 g/mol. The smallest absolute Gasteiger partial charge is 0.0730 e. The molecule has 1 heterocycles. The largest absolute Gasteiger partial charge is 0.255 e. The molecule has 0 amide bonds. The molecule has 0 N–H and O–H groups in total. The highest BCUT2D eigenvalue weighted by Gasteiger charge is 2.05. The lowest BCUT2D eigenvalue weighted by atomic mass is 10.1. The van der Waals surface area contributed by atoms with Gasteiger partial charge in [-0.2, -0.15) is 0 Å². The zero-order chi connectivity index (χ0) is 9.38. The van der Waals surface area contributed by atoms with Crippen molar-refractivity contribution in [1.29, 1.82) is 0 Å². The Morgan fingerprint density at radius 3 is 1.86 bits per heavy atom. The maximum absolute atomic E-state index is 4.33. The molecule has 0 radical (unpaired) electrons. The summed E-state index contributed by atoms with van der Waals surface area (Å²) in [5, 5.41) is 2.33. The Morgan fingerprint density at radius 1 is 0.714 bits per heavy atom. The summed E-state index contributed by atoms with van der Waals surface area (Å²) in [7, 11) is 0. The van der Waals surface area contributed by atoms with Crippen LogP contribution in [0.25, 0.3) is 10.8 Å². The predicted molar refractivity (Wildman–Crippen MR) is 60.3 cm³/mol. The summed E-state index contributed by atoms with van der Waals surface area (Å²) in [6.45, 7) is 0. The molecule has 66 valence electrons. The molecule has 0 spiro atoms. The minimum absolute atomic E-state index is 0.996. The second-order valence-corrected chi connectivity index (χ2v) is 3.21. The minimum atomic E-state index is 0.996. The first-order chi connectivity index (χ1) is 6.95. The van der Waals surface area contributed by atoms with Crippen molar-refractivity contribution in [1.82, 2.24) is 0 Å². The van der Waals surface area contributed by atoms with Crippen LogP contribution in [0.3, 0.4) is 0 Å². The fourth-order valence-electron chi connectivity index (χ4n) is 1.74. The van der Waals surface area contributed by atoms with Crippen LogP contribution in [0.4, 0.5) is 11.4 Å². The van der Waals surface area contributed by atoms with E-state index in [1.165, 1.54) is 5.39 Å². The molecule has 0 aliphatic carbocycles. The van der Waals surface area contributed by atoms with E-state index in [1.54, 1.807) is 12.4 Å². The number of rotatable bonds is 0. The highest BCUT2D eigenvalue weighted by Crippen LogP contribution is 2.34. The normalized spacial score (nSPS) is 13.1. The summed E-state index contributed by atoms with van der Waals surface area (Å²) in [6.07, 6.45) is 3.46. The topological polar surface area (TPSA) is 24.7 Å². The van der Waals surface area contributed by atoms with Gasteiger partial charge in [-0.25, -0.2) is 0 Å². The molecule has 1 aliphatic heterocycles. The third-order valence-electron chi connectivity index (χ3n) is 2.35. The van der Waals surface area contributed by atoms with E-state index in [-0.39, 0.29) is 0 Å². The number of hydrogen-bond acceptors (Lipinski definition) is 2. The Morgan fingerprint density at radius 2 is 1.29 bits per heavy atom. The number of hydrogen-bond donors (Lipinski definition) is 0. The molecule has 1 aliphatic rings. The average Bonchev–Trinajstić information content (AvgIpc) is 2.44. The molecule has 2 nitrogen and oxygen atoms in total. The van der Waals surface area contributed by atoms with Crippen molar-refractivity contribution in [3.05, 3.63) is 36.4 Å². The third kappa shape index (κ3) is 0.973. The van der Waals surface area contributed by atoms with E-state index in [1.807, 2.05) is 24.3 Å². The van der Waals surface area contributed by atoms with Crippen LogP contribution in [0.5, 0.6) is 0 Å². The van der Waals surface area contributed by atoms with Crippen LogP contribution < -0.4 is 0 Å². The number of benzene rings is 2. The molecule has 0 saturated heterocycles. The van der Waals surface area contributed by atoms with Crippen molar-refractivity contribution in [3.8, 4) is 0 Å². The maximum Gasteiger partial charge on any atom is 0.0730 e. The standard InChI is InChI=1S/C12H8N2/c1-3-9-4-2-6-11-12(9)10(5-1)13-7-8-14-11/h1-8H. The summed E-state index contributed by atoms with van der Waals surface area (Å²) in [5.74, 6) is 0. The van der Waals surface area contributed by atoms with Gasteiger partial charge in [-0.1, -0.05) is 24.3 Å². The Labute approximate surface area is 81.6 Å². The van der Waals surface area contributed by atoms with E-state index in [2.05, 4.69) is 22.1 Å². The summed E-state index contributed by atoms with van der Waals surface area (Å²) >= 11 is 0. The van der Waals surface area contributed by atoms with Crippen LogP contribution in [0.15, 0.2) is 46.4 Å². The average molecular weight is 180 g/mol. The van der Waals surface area contributed by atoms with Gasteiger partial charge in [0, 0.05) is 17.8 Å². The molecule has 0 aromatic heterocycles. The van der Waals surface area contributed by atoms with Gasteiger partial charge in [-0.15, -0.1) is 0 Å². The second-order valence-electron chi connectivity index (χ2n) is 3.21. The zero-order valence-electron chi connectivity index (χ0n) is 7.51. The highest BCUT2D eigenvalue weighted by atomic mass is 14.8. The minimum Gasteiger partial charge on any atom is -0.255 e. The van der Waals surface area contributed by atoms with Crippen molar-refractivity contribution in [2.75, 3.05) is 0 Å². The Hall–Kier alpha value is -1.96. The van der Waals surface area contributed by atoms with Gasteiger partial charge in [-0.05, 0) is 17.5 Å². The van der Waals surface area contributed by atoms with Crippen LogP contribution in [0, 0.1) is 0 Å². The predicted octanol–water partition coefficient (Wildman–Crippen LogP) is 3.26. The molecule has 0 saturated carbocycles. The van der Waals surface area contributed by atoms with Crippen molar-refractivity contribution in [2.45, 2.75) is 0 Å². The van der Waals surface area contributed by atoms with E-state index < -0.39 is 0 Å². The third-order valence-corrected chi connectivity index (χ3v) is 2.35.